The smallest absolute Gasteiger partial charge is 0.259 e. The molecule has 0 aliphatic carbocycles. The lowest BCUT2D eigenvalue weighted by molar-refractivity contribution is 0.0971. The maximum atomic E-state index is 13.8. The Morgan fingerprint density at radius 3 is 2.76 bits per heavy atom. The number of nitrogens with zero attached hydrogens (tertiary/aromatic N) is 3. The quantitative estimate of drug-likeness (QED) is 0.460. The zero-order valence-corrected chi connectivity index (χ0v) is 18.4. The third kappa shape index (κ3) is 4.86. The van der Waals surface area contributed by atoms with Crippen LogP contribution in [0.1, 0.15) is 28.8 Å². The predicted octanol–water partition coefficient (Wildman–Crippen LogP) is 4.64. The highest BCUT2D eigenvalue weighted by molar-refractivity contribution is 6.07. The largest absolute Gasteiger partial charge is 0.381 e. The minimum absolute atomic E-state index is 0.0310. The average Bonchev–Trinajstić information content (AvgIpc) is 2.89. The summed E-state index contributed by atoms with van der Waals surface area (Å²) in [6, 6.07) is 21.8. The Hall–Kier alpha value is -3.77. The monoisotopic (exact) mass is 437 g/mol. The normalized spacial score (nSPS) is 15.8. The second-order valence-electron chi connectivity index (χ2n) is 8.36. The van der Waals surface area contributed by atoms with Gasteiger partial charge >= 0.3 is 0 Å². The number of carbonyl (C=O) groups excluding carboxylic acids is 1. The van der Waals surface area contributed by atoms with Gasteiger partial charge in [-0.2, -0.15) is 0 Å². The molecule has 1 aliphatic heterocycles. The fourth-order valence-electron chi connectivity index (χ4n) is 4.32. The number of hydrogen-bond donors (Lipinski definition) is 2. The van der Waals surface area contributed by atoms with E-state index >= 15 is 0 Å². The molecule has 2 aromatic heterocycles. The fraction of sp³-hybridized carbons (Fsp3) is 0.222. The van der Waals surface area contributed by atoms with Gasteiger partial charge in [0.05, 0.1) is 6.04 Å². The van der Waals surface area contributed by atoms with Crippen LogP contribution in [0.2, 0.25) is 0 Å². The molecule has 6 nitrogen and oxygen atoms in total. The maximum absolute atomic E-state index is 13.8. The molecule has 1 saturated heterocycles. The summed E-state index contributed by atoms with van der Waals surface area (Å²) in [6.45, 7) is 2.39. The molecule has 1 aliphatic rings. The number of fused-ring (bicyclic) bond motifs is 1. The standard InChI is InChI=1S/C27H27N5O/c33-27(22-9-3-10-24(14-22)30-17-20-6-4-12-28-16-20)32(25-11-5-13-29-19-25)26-15-21-7-1-2-8-23(21)18-31-26/h1-4,6-10,12,14-16,18,25,29-30H,5,11,13,17,19H2/t25-/m1/s1. The summed E-state index contributed by atoms with van der Waals surface area (Å²) in [5, 5.41) is 8.98. The number of carbonyl (C=O) groups is 1. The molecule has 0 bridgehead atoms. The van der Waals surface area contributed by atoms with Crippen LogP contribution in [0.3, 0.4) is 0 Å². The van der Waals surface area contributed by atoms with Crippen molar-refractivity contribution in [3.8, 4) is 0 Å². The Morgan fingerprint density at radius 1 is 1.03 bits per heavy atom. The summed E-state index contributed by atoms with van der Waals surface area (Å²) < 4.78 is 0. The molecular formula is C27H27N5O. The summed E-state index contributed by atoms with van der Waals surface area (Å²) in [6.07, 6.45) is 7.44. The van der Waals surface area contributed by atoms with Gasteiger partial charge < -0.3 is 10.6 Å². The highest BCUT2D eigenvalue weighted by atomic mass is 16.2. The molecule has 166 valence electrons. The zero-order valence-electron chi connectivity index (χ0n) is 18.4. The van der Waals surface area contributed by atoms with Gasteiger partial charge in [0.25, 0.3) is 5.91 Å². The predicted molar refractivity (Wildman–Crippen MR) is 132 cm³/mol. The van der Waals surface area contributed by atoms with Crippen molar-refractivity contribution in [1.29, 1.82) is 0 Å². The van der Waals surface area contributed by atoms with E-state index < -0.39 is 0 Å². The number of nitrogens with one attached hydrogen (secondary N) is 2. The second-order valence-corrected chi connectivity index (χ2v) is 8.36. The lowest BCUT2D eigenvalue weighted by Crippen LogP contribution is -2.49. The molecule has 0 saturated carbocycles. The lowest BCUT2D eigenvalue weighted by atomic mass is 10.0. The number of pyridine rings is 2. The number of benzene rings is 2. The first-order chi connectivity index (χ1) is 16.3. The minimum atomic E-state index is -0.0310. The number of anilines is 2. The molecule has 0 radical (unpaired) electrons. The van der Waals surface area contributed by atoms with E-state index in [1.165, 1.54) is 0 Å². The van der Waals surface area contributed by atoms with Crippen LogP contribution in [0.25, 0.3) is 10.8 Å². The van der Waals surface area contributed by atoms with Gasteiger partial charge in [-0.3, -0.25) is 14.7 Å². The molecular weight excluding hydrogens is 410 g/mol. The van der Waals surface area contributed by atoms with Crippen molar-refractivity contribution in [1.82, 2.24) is 15.3 Å². The van der Waals surface area contributed by atoms with Crippen molar-refractivity contribution in [3.63, 3.8) is 0 Å². The highest BCUT2D eigenvalue weighted by Crippen LogP contribution is 2.26. The molecule has 6 heteroatoms. The van der Waals surface area contributed by atoms with Crippen LogP contribution in [0, 0.1) is 0 Å². The van der Waals surface area contributed by atoms with Crippen LogP contribution >= 0.6 is 0 Å². The molecule has 4 aromatic rings. The Kier molecular flexibility index (Phi) is 6.26. The van der Waals surface area contributed by atoms with Crippen molar-refractivity contribution >= 4 is 28.2 Å². The lowest BCUT2D eigenvalue weighted by Gasteiger charge is -2.34. The summed E-state index contributed by atoms with van der Waals surface area (Å²) in [5.74, 6) is 0.664. The third-order valence-electron chi connectivity index (χ3n) is 6.05. The van der Waals surface area contributed by atoms with E-state index in [4.69, 9.17) is 0 Å². The van der Waals surface area contributed by atoms with Crippen LogP contribution in [0.4, 0.5) is 11.5 Å². The summed E-state index contributed by atoms with van der Waals surface area (Å²) >= 11 is 0. The Morgan fingerprint density at radius 2 is 1.94 bits per heavy atom. The van der Waals surface area contributed by atoms with Crippen LogP contribution < -0.4 is 15.5 Å². The van der Waals surface area contributed by atoms with E-state index in [1.807, 2.05) is 78.0 Å². The SMILES string of the molecule is O=C(c1cccc(NCc2cccnc2)c1)N(c1cc2ccccc2cn1)[C@@H]1CCCNC1. The van der Waals surface area contributed by atoms with Gasteiger partial charge in [0.2, 0.25) is 0 Å². The Labute approximate surface area is 193 Å². The summed E-state index contributed by atoms with van der Waals surface area (Å²) in [4.78, 5) is 24.5. The topological polar surface area (TPSA) is 70.2 Å². The molecule has 2 N–H and O–H groups in total. The molecule has 2 aromatic carbocycles. The number of piperidine rings is 1. The number of rotatable bonds is 6. The summed E-state index contributed by atoms with van der Waals surface area (Å²) in [5.41, 5.74) is 2.63. The molecule has 1 atom stereocenters. The molecule has 3 heterocycles. The van der Waals surface area contributed by atoms with E-state index in [1.54, 1.807) is 6.20 Å². The van der Waals surface area contributed by atoms with Crippen LogP contribution in [0.5, 0.6) is 0 Å². The molecule has 1 amide bonds. The number of aromatic nitrogens is 2. The number of hydrogen-bond acceptors (Lipinski definition) is 5. The Bertz CT molecular complexity index is 1240. The minimum Gasteiger partial charge on any atom is -0.381 e. The van der Waals surface area contributed by atoms with Gasteiger partial charge in [-0.25, -0.2) is 4.98 Å². The van der Waals surface area contributed by atoms with Crippen molar-refractivity contribution in [2.75, 3.05) is 23.3 Å². The highest BCUT2D eigenvalue weighted by Gasteiger charge is 2.29. The van der Waals surface area contributed by atoms with Gasteiger partial charge in [0.1, 0.15) is 5.82 Å². The Balaban J connectivity index is 1.44. The average molecular weight is 438 g/mol. The van der Waals surface area contributed by atoms with Gasteiger partial charge in [-0.1, -0.05) is 36.4 Å². The van der Waals surface area contributed by atoms with E-state index in [-0.39, 0.29) is 11.9 Å². The maximum Gasteiger partial charge on any atom is 0.259 e. The molecule has 33 heavy (non-hydrogen) atoms. The van der Waals surface area contributed by atoms with Crippen LogP contribution in [-0.2, 0) is 6.54 Å². The van der Waals surface area contributed by atoms with Gasteiger partial charge in [-0.05, 0) is 60.7 Å². The first-order valence-electron chi connectivity index (χ1n) is 11.4. The van der Waals surface area contributed by atoms with Gasteiger partial charge in [0, 0.05) is 48.3 Å². The van der Waals surface area contributed by atoms with E-state index in [2.05, 4.69) is 26.7 Å². The van der Waals surface area contributed by atoms with Crippen molar-refractivity contribution in [2.45, 2.75) is 25.4 Å². The molecule has 0 spiro atoms. The van der Waals surface area contributed by atoms with Crippen molar-refractivity contribution < 1.29 is 4.79 Å². The van der Waals surface area contributed by atoms with Crippen LogP contribution in [0.15, 0.2) is 85.3 Å². The fourth-order valence-corrected chi connectivity index (χ4v) is 4.32. The zero-order chi connectivity index (χ0) is 22.5. The summed E-state index contributed by atoms with van der Waals surface area (Å²) in [7, 11) is 0. The molecule has 5 rings (SSSR count). The third-order valence-corrected chi connectivity index (χ3v) is 6.05. The van der Waals surface area contributed by atoms with Crippen LogP contribution in [-0.4, -0.2) is 35.0 Å². The second kappa shape index (κ2) is 9.79. The van der Waals surface area contributed by atoms with Crippen molar-refractivity contribution in [3.05, 3.63) is 96.4 Å². The first kappa shape index (κ1) is 21.1. The number of amides is 1. The molecule has 1 fully saturated rings. The van der Waals surface area contributed by atoms with E-state index in [0.717, 1.165) is 48.0 Å². The van der Waals surface area contributed by atoms with Gasteiger partial charge in [0.15, 0.2) is 0 Å². The van der Waals surface area contributed by atoms with Crippen molar-refractivity contribution in [2.24, 2.45) is 0 Å². The first-order valence-corrected chi connectivity index (χ1v) is 11.4. The van der Waals surface area contributed by atoms with E-state index in [9.17, 15) is 4.79 Å². The molecule has 0 unspecified atom stereocenters. The van der Waals surface area contributed by atoms with E-state index in [0.29, 0.717) is 17.9 Å². The van der Waals surface area contributed by atoms with Gasteiger partial charge in [-0.15, -0.1) is 0 Å².